The van der Waals surface area contributed by atoms with Crippen molar-refractivity contribution in [3.05, 3.63) is 65.9 Å². The molecule has 1 heterocycles. The number of nitrogens with zero attached hydrogens (tertiary/aromatic N) is 1. The lowest BCUT2D eigenvalue weighted by atomic mass is 9.92. The summed E-state index contributed by atoms with van der Waals surface area (Å²) in [5.74, 6) is -1.76. The van der Waals surface area contributed by atoms with E-state index in [1.54, 1.807) is 0 Å². The zero-order valence-corrected chi connectivity index (χ0v) is 15.7. The Morgan fingerprint density at radius 1 is 1.07 bits per heavy atom. The van der Waals surface area contributed by atoms with E-state index >= 15 is 0 Å². The number of carboxylic acids is 1. The third kappa shape index (κ3) is 4.02. The number of pyridine rings is 1. The molecule has 0 radical (unpaired) electrons. The number of nitrogens with one attached hydrogen (secondary N) is 1. The molecular weight excluding hydrogens is 356 g/mol. The number of carbonyl (C=O) groups excluding carboxylic acids is 1. The molecule has 144 valence electrons. The van der Waals surface area contributed by atoms with Gasteiger partial charge in [-0.25, -0.2) is 4.79 Å². The lowest BCUT2D eigenvalue weighted by Crippen LogP contribution is -2.48. The molecule has 0 saturated heterocycles. The number of aromatic nitrogens is 1. The molecule has 1 amide bonds. The third-order valence-corrected chi connectivity index (χ3v) is 4.66. The highest BCUT2D eigenvalue weighted by molar-refractivity contribution is 5.98. The van der Waals surface area contributed by atoms with Crippen molar-refractivity contribution in [2.24, 2.45) is 0 Å². The van der Waals surface area contributed by atoms with Crippen LogP contribution in [0.25, 0.3) is 22.0 Å². The van der Waals surface area contributed by atoms with Crippen LogP contribution < -0.4 is 5.32 Å². The minimum absolute atomic E-state index is 0.0373. The average molecular weight is 378 g/mol. The number of rotatable bonds is 6. The first-order chi connectivity index (χ1) is 13.4. The van der Waals surface area contributed by atoms with Crippen molar-refractivity contribution in [2.45, 2.75) is 32.4 Å². The maximum Gasteiger partial charge on any atom is 0.328 e. The van der Waals surface area contributed by atoms with Crippen LogP contribution in [0.3, 0.4) is 0 Å². The molecule has 0 fully saturated rings. The van der Waals surface area contributed by atoms with Crippen LogP contribution in [0.1, 0.15) is 18.2 Å². The quantitative estimate of drug-likeness (QED) is 0.612. The Labute approximate surface area is 162 Å². The number of aliphatic hydroxyl groups excluding tert-OH is 1. The van der Waals surface area contributed by atoms with E-state index in [0.29, 0.717) is 5.69 Å². The number of aliphatic hydroxyl groups is 1. The number of aryl methyl sites for hydroxylation is 1. The lowest BCUT2D eigenvalue weighted by molar-refractivity contribution is -0.144. The van der Waals surface area contributed by atoms with Crippen LogP contribution in [-0.4, -0.2) is 39.2 Å². The molecule has 6 heteroatoms. The molecule has 2 atom stereocenters. The zero-order valence-electron chi connectivity index (χ0n) is 15.7. The molecule has 0 unspecified atom stereocenters. The fraction of sp³-hybridized carbons (Fsp3) is 0.227. The molecule has 3 aromatic rings. The van der Waals surface area contributed by atoms with Crippen LogP contribution in [-0.2, 0) is 16.0 Å². The van der Waals surface area contributed by atoms with Crippen molar-refractivity contribution in [3.8, 4) is 11.1 Å². The van der Waals surface area contributed by atoms with Crippen LogP contribution in [0.4, 0.5) is 0 Å². The van der Waals surface area contributed by atoms with Crippen LogP contribution in [0.5, 0.6) is 0 Å². The Kier molecular flexibility index (Phi) is 5.70. The Bertz CT molecular complexity index is 1020. The first-order valence-corrected chi connectivity index (χ1v) is 9.02. The highest BCUT2D eigenvalue weighted by Crippen LogP contribution is 2.33. The normalized spacial score (nSPS) is 13.1. The molecule has 0 spiro atoms. The molecule has 3 N–H and O–H groups in total. The van der Waals surface area contributed by atoms with Crippen LogP contribution in [0.2, 0.25) is 0 Å². The highest BCUT2D eigenvalue weighted by atomic mass is 16.4. The standard InChI is InChI=1S/C22H22N2O4/c1-13-17(12-19(26)24-21(14(2)25)22(27)28)20(15-8-4-3-5-9-15)16-10-6-7-11-18(16)23-13/h3-11,14,21,25H,12H2,1-2H3,(H,24,26)(H,27,28)/t14-,21+/m0/s1. The van der Waals surface area contributed by atoms with Gasteiger partial charge in [0.1, 0.15) is 0 Å². The van der Waals surface area contributed by atoms with E-state index in [9.17, 15) is 19.8 Å². The molecule has 1 aromatic heterocycles. The maximum atomic E-state index is 12.6. The van der Waals surface area contributed by atoms with E-state index in [2.05, 4.69) is 10.3 Å². The van der Waals surface area contributed by atoms with Crippen LogP contribution >= 0.6 is 0 Å². The minimum Gasteiger partial charge on any atom is -0.480 e. The summed E-state index contributed by atoms with van der Waals surface area (Å²) < 4.78 is 0. The van der Waals surface area contributed by atoms with E-state index in [0.717, 1.165) is 27.6 Å². The van der Waals surface area contributed by atoms with Gasteiger partial charge in [-0.3, -0.25) is 9.78 Å². The predicted molar refractivity (Wildman–Crippen MR) is 107 cm³/mol. The number of fused-ring (bicyclic) bond motifs is 1. The zero-order chi connectivity index (χ0) is 20.3. The number of hydrogen-bond donors (Lipinski definition) is 3. The van der Waals surface area contributed by atoms with Crippen LogP contribution in [0, 0.1) is 6.92 Å². The number of benzene rings is 2. The van der Waals surface area contributed by atoms with E-state index in [1.165, 1.54) is 6.92 Å². The molecule has 6 nitrogen and oxygen atoms in total. The van der Waals surface area contributed by atoms with Crippen molar-refractivity contribution in [3.63, 3.8) is 0 Å². The van der Waals surface area contributed by atoms with E-state index < -0.39 is 24.0 Å². The molecule has 28 heavy (non-hydrogen) atoms. The molecule has 0 aliphatic rings. The predicted octanol–water partition coefficient (Wildman–Crippen LogP) is 2.70. The van der Waals surface area contributed by atoms with Gasteiger partial charge in [-0.1, -0.05) is 48.5 Å². The molecule has 0 aliphatic carbocycles. The molecule has 0 saturated carbocycles. The van der Waals surface area contributed by atoms with Crippen LogP contribution in [0.15, 0.2) is 54.6 Å². The monoisotopic (exact) mass is 378 g/mol. The number of carbonyl (C=O) groups is 2. The van der Waals surface area contributed by atoms with Gasteiger partial charge >= 0.3 is 5.97 Å². The van der Waals surface area contributed by atoms with Gasteiger partial charge in [0.2, 0.25) is 5.91 Å². The maximum absolute atomic E-state index is 12.6. The van der Waals surface area contributed by atoms with Gasteiger partial charge in [0.15, 0.2) is 6.04 Å². The summed E-state index contributed by atoms with van der Waals surface area (Å²) in [4.78, 5) is 28.5. The lowest BCUT2D eigenvalue weighted by Gasteiger charge is -2.19. The molecule has 2 aromatic carbocycles. The second kappa shape index (κ2) is 8.19. The van der Waals surface area contributed by atoms with E-state index in [-0.39, 0.29) is 6.42 Å². The molecule has 0 bridgehead atoms. The molecule has 3 rings (SSSR count). The summed E-state index contributed by atoms with van der Waals surface area (Å²) >= 11 is 0. The Balaban J connectivity index is 2.07. The highest BCUT2D eigenvalue weighted by Gasteiger charge is 2.26. The van der Waals surface area contributed by atoms with Crippen molar-refractivity contribution < 1.29 is 19.8 Å². The van der Waals surface area contributed by atoms with Crippen molar-refractivity contribution >= 4 is 22.8 Å². The fourth-order valence-corrected chi connectivity index (χ4v) is 3.30. The second-order valence-corrected chi connectivity index (χ2v) is 6.73. The Morgan fingerprint density at radius 2 is 1.71 bits per heavy atom. The third-order valence-electron chi connectivity index (χ3n) is 4.66. The minimum atomic E-state index is -1.36. The number of amides is 1. The van der Waals surface area contributed by atoms with E-state index in [1.807, 2.05) is 61.5 Å². The SMILES string of the molecule is Cc1nc2ccccc2c(-c2ccccc2)c1CC(=O)N[C@@H](C(=O)O)[C@H](C)O. The number of para-hydroxylation sites is 1. The Morgan fingerprint density at radius 3 is 2.36 bits per heavy atom. The summed E-state index contributed by atoms with van der Waals surface area (Å²) in [6, 6.07) is 16.1. The summed E-state index contributed by atoms with van der Waals surface area (Å²) in [6.07, 6.45) is -1.24. The topological polar surface area (TPSA) is 99.5 Å². The number of hydrogen-bond acceptors (Lipinski definition) is 4. The Hall–Kier alpha value is -3.25. The van der Waals surface area contributed by atoms with Gasteiger partial charge in [-0.15, -0.1) is 0 Å². The second-order valence-electron chi connectivity index (χ2n) is 6.73. The van der Waals surface area contributed by atoms with Gasteiger partial charge in [0.05, 0.1) is 18.0 Å². The van der Waals surface area contributed by atoms with Gasteiger partial charge < -0.3 is 15.5 Å². The first kappa shape index (κ1) is 19.5. The summed E-state index contributed by atoms with van der Waals surface area (Å²) in [6.45, 7) is 3.17. The van der Waals surface area contributed by atoms with E-state index in [4.69, 9.17) is 0 Å². The summed E-state index contributed by atoms with van der Waals surface area (Å²) in [5, 5.41) is 22.1. The van der Waals surface area contributed by atoms with Gasteiger partial charge in [-0.2, -0.15) is 0 Å². The van der Waals surface area contributed by atoms with Crippen molar-refractivity contribution in [1.82, 2.24) is 10.3 Å². The summed E-state index contributed by atoms with van der Waals surface area (Å²) in [7, 11) is 0. The fourth-order valence-electron chi connectivity index (χ4n) is 3.30. The number of carboxylic acid groups (broad SMARTS) is 1. The van der Waals surface area contributed by atoms with Crippen molar-refractivity contribution in [1.29, 1.82) is 0 Å². The number of aliphatic carboxylic acids is 1. The smallest absolute Gasteiger partial charge is 0.328 e. The largest absolute Gasteiger partial charge is 0.480 e. The van der Waals surface area contributed by atoms with Crippen molar-refractivity contribution in [2.75, 3.05) is 0 Å². The first-order valence-electron chi connectivity index (χ1n) is 9.02. The van der Waals surface area contributed by atoms with Gasteiger partial charge in [-0.05, 0) is 36.6 Å². The average Bonchev–Trinajstić information content (AvgIpc) is 2.67. The molecule has 0 aliphatic heterocycles. The van der Waals surface area contributed by atoms with Gasteiger partial charge in [0, 0.05) is 11.1 Å². The molecular formula is C22H22N2O4. The van der Waals surface area contributed by atoms with Gasteiger partial charge in [0.25, 0.3) is 0 Å². The summed E-state index contributed by atoms with van der Waals surface area (Å²) in [5.41, 5.74) is 4.13.